The van der Waals surface area contributed by atoms with Gasteiger partial charge in [-0.3, -0.25) is 14.5 Å². The summed E-state index contributed by atoms with van der Waals surface area (Å²) in [5.41, 5.74) is 6.59. The first-order valence-electron chi connectivity index (χ1n) is 8.70. The molecule has 8 heteroatoms. The highest BCUT2D eigenvalue weighted by molar-refractivity contribution is 7.16. The Morgan fingerprint density at radius 1 is 1.19 bits per heavy atom. The second kappa shape index (κ2) is 8.73. The van der Waals surface area contributed by atoms with Gasteiger partial charge in [-0.15, -0.1) is 11.3 Å². The number of hydrogen-bond donors (Lipinski definition) is 1. The van der Waals surface area contributed by atoms with Gasteiger partial charge >= 0.3 is 0 Å². The van der Waals surface area contributed by atoms with Gasteiger partial charge < -0.3 is 15.4 Å². The summed E-state index contributed by atoms with van der Waals surface area (Å²) < 4.78 is 6.39. The van der Waals surface area contributed by atoms with Crippen molar-refractivity contribution in [1.82, 2.24) is 9.80 Å². The monoisotopic (exact) mass is 407 g/mol. The molecule has 0 unspecified atom stereocenters. The molecule has 0 aliphatic carbocycles. The van der Waals surface area contributed by atoms with Crippen LogP contribution in [-0.4, -0.2) is 54.4 Å². The van der Waals surface area contributed by atoms with Gasteiger partial charge in [0.25, 0.3) is 11.8 Å². The maximum absolute atomic E-state index is 12.5. The lowest BCUT2D eigenvalue weighted by atomic mass is 10.1. The van der Waals surface area contributed by atoms with E-state index < -0.39 is 5.91 Å². The molecule has 0 radical (unpaired) electrons. The first-order chi connectivity index (χ1) is 12.9. The lowest BCUT2D eigenvalue weighted by Crippen LogP contribution is -2.49. The summed E-state index contributed by atoms with van der Waals surface area (Å²) in [6, 6.07) is 9.07. The number of thiophene rings is 1. The number of hydrogen-bond acceptors (Lipinski definition) is 5. The third-order valence-electron chi connectivity index (χ3n) is 4.49. The van der Waals surface area contributed by atoms with Gasteiger partial charge in [0.05, 0.1) is 9.90 Å². The van der Waals surface area contributed by atoms with E-state index in [4.69, 9.17) is 22.1 Å². The number of carbonyl (C=O) groups excluding carboxylic acids is 2. The van der Waals surface area contributed by atoms with Crippen LogP contribution >= 0.6 is 22.9 Å². The standard InChI is InChI=1S/C19H22ClN3O3S/c1-13-2-4-15(19(21)25)16(10-13)26-12-18(24)23-8-6-22(7-9-23)11-14-3-5-17(20)27-14/h2-5,10H,6-9,11-12H2,1H3,(H2,21,25). The topological polar surface area (TPSA) is 75.9 Å². The number of nitrogens with zero attached hydrogens (tertiary/aromatic N) is 2. The molecule has 0 spiro atoms. The number of amides is 2. The van der Waals surface area contributed by atoms with E-state index in [9.17, 15) is 9.59 Å². The molecule has 3 rings (SSSR count). The molecule has 2 aromatic rings. The molecular formula is C19H22ClN3O3S. The highest BCUT2D eigenvalue weighted by Gasteiger charge is 2.22. The van der Waals surface area contributed by atoms with E-state index in [0.717, 1.165) is 29.5 Å². The van der Waals surface area contributed by atoms with E-state index in [1.165, 1.54) is 4.88 Å². The Kier molecular flexibility index (Phi) is 6.36. The molecule has 2 amide bonds. The second-order valence-electron chi connectivity index (χ2n) is 6.52. The van der Waals surface area contributed by atoms with Gasteiger partial charge in [0.15, 0.2) is 6.61 Å². The Balaban J connectivity index is 1.50. The lowest BCUT2D eigenvalue weighted by Gasteiger charge is -2.34. The maximum atomic E-state index is 12.5. The third-order valence-corrected chi connectivity index (χ3v) is 5.70. The number of piperazine rings is 1. The minimum Gasteiger partial charge on any atom is -0.483 e. The molecule has 2 heterocycles. The Bertz CT molecular complexity index is 831. The van der Waals surface area contributed by atoms with Gasteiger partial charge in [-0.2, -0.15) is 0 Å². The number of primary amides is 1. The normalized spacial score (nSPS) is 15.0. The van der Waals surface area contributed by atoms with Crippen LogP contribution in [0.3, 0.4) is 0 Å². The van der Waals surface area contributed by atoms with E-state index in [2.05, 4.69) is 4.90 Å². The molecule has 0 atom stereocenters. The Morgan fingerprint density at radius 2 is 1.93 bits per heavy atom. The zero-order chi connectivity index (χ0) is 19.4. The van der Waals surface area contributed by atoms with Gasteiger partial charge in [-0.05, 0) is 36.8 Å². The Hall–Kier alpha value is -2.09. The van der Waals surface area contributed by atoms with Crippen molar-refractivity contribution in [1.29, 1.82) is 0 Å². The molecule has 6 nitrogen and oxygen atoms in total. The molecule has 0 saturated carbocycles. The zero-order valence-electron chi connectivity index (χ0n) is 15.1. The van der Waals surface area contributed by atoms with Crippen LogP contribution in [0.2, 0.25) is 4.34 Å². The first-order valence-corrected chi connectivity index (χ1v) is 9.89. The van der Waals surface area contributed by atoms with E-state index >= 15 is 0 Å². The van der Waals surface area contributed by atoms with Crippen molar-refractivity contribution >= 4 is 34.8 Å². The number of aryl methyl sites for hydroxylation is 1. The maximum Gasteiger partial charge on any atom is 0.260 e. The summed E-state index contributed by atoms with van der Waals surface area (Å²) in [4.78, 5) is 29.3. The smallest absolute Gasteiger partial charge is 0.260 e. The predicted octanol–water partition coefficient (Wildman–Crippen LogP) is 2.53. The van der Waals surface area contributed by atoms with Gasteiger partial charge in [0.1, 0.15) is 5.75 Å². The molecule has 1 aliphatic rings. The van der Waals surface area contributed by atoms with Crippen molar-refractivity contribution < 1.29 is 14.3 Å². The van der Waals surface area contributed by atoms with Gasteiger partial charge in [-0.1, -0.05) is 17.7 Å². The fourth-order valence-electron chi connectivity index (χ4n) is 3.00. The lowest BCUT2D eigenvalue weighted by molar-refractivity contribution is -0.135. The van der Waals surface area contributed by atoms with Crippen LogP contribution in [0.15, 0.2) is 30.3 Å². The van der Waals surface area contributed by atoms with Gasteiger partial charge in [0.2, 0.25) is 0 Å². The average Bonchev–Trinajstić information content (AvgIpc) is 3.05. The number of carbonyl (C=O) groups is 2. The van der Waals surface area contributed by atoms with Crippen molar-refractivity contribution in [2.75, 3.05) is 32.8 Å². The Morgan fingerprint density at radius 3 is 2.56 bits per heavy atom. The second-order valence-corrected chi connectivity index (χ2v) is 8.31. The predicted molar refractivity (Wildman–Crippen MR) is 106 cm³/mol. The minimum absolute atomic E-state index is 0.0919. The fraction of sp³-hybridized carbons (Fsp3) is 0.368. The van der Waals surface area contributed by atoms with Crippen LogP contribution in [0.1, 0.15) is 20.8 Å². The van der Waals surface area contributed by atoms with Crippen LogP contribution in [-0.2, 0) is 11.3 Å². The fourth-order valence-corrected chi connectivity index (χ4v) is 4.13. The van der Waals surface area contributed by atoms with Crippen LogP contribution in [0.5, 0.6) is 5.75 Å². The van der Waals surface area contributed by atoms with E-state index in [-0.39, 0.29) is 18.1 Å². The number of benzene rings is 1. The summed E-state index contributed by atoms with van der Waals surface area (Å²) in [6.07, 6.45) is 0. The quantitative estimate of drug-likeness (QED) is 0.798. The van der Waals surface area contributed by atoms with Gasteiger partial charge in [-0.25, -0.2) is 0 Å². The molecule has 2 N–H and O–H groups in total. The average molecular weight is 408 g/mol. The van der Waals surface area contributed by atoms with Crippen molar-refractivity contribution in [2.45, 2.75) is 13.5 Å². The number of ether oxygens (including phenoxy) is 1. The van der Waals surface area contributed by atoms with Gasteiger partial charge in [0, 0.05) is 37.6 Å². The molecular weight excluding hydrogens is 386 g/mol. The molecule has 1 aromatic carbocycles. The molecule has 1 aromatic heterocycles. The summed E-state index contributed by atoms with van der Waals surface area (Å²) in [6.45, 7) is 5.54. The highest BCUT2D eigenvalue weighted by atomic mass is 35.5. The summed E-state index contributed by atoms with van der Waals surface area (Å²) in [5.74, 6) is -0.311. The van der Waals surface area contributed by atoms with Crippen molar-refractivity contribution in [3.05, 3.63) is 50.7 Å². The molecule has 1 fully saturated rings. The van der Waals surface area contributed by atoms with Crippen LogP contribution < -0.4 is 10.5 Å². The van der Waals surface area contributed by atoms with Crippen molar-refractivity contribution in [3.8, 4) is 5.75 Å². The summed E-state index contributed by atoms with van der Waals surface area (Å²) in [5, 5.41) is 0. The minimum atomic E-state index is -0.570. The summed E-state index contributed by atoms with van der Waals surface area (Å²) >= 11 is 7.56. The number of nitrogens with two attached hydrogens (primary N) is 1. The van der Waals surface area contributed by atoms with Crippen molar-refractivity contribution in [2.24, 2.45) is 5.73 Å². The van der Waals surface area contributed by atoms with Crippen LogP contribution in [0.25, 0.3) is 0 Å². The Labute approximate surface area is 167 Å². The molecule has 27 heavy (non-hydrogen) atoms. The van der Waals surface area contributed by atoms with Crippen LogP contribution in [0, 0.1) is 6.92 Å². The van der Waals surface area contributed by atoms with Crippen molar-refractivity contribution in [3.63, 3.8) is 0 Å². The van der Waals surface area contributed by atoms with E-state index in [1.54, 1.807) is 34.4 Å². The SMILES string of the molecule is Cc1ccc(C(N)=O)c(OCC(=O)N2CCN(Cc3ccc(Cl)s3)CC2)c1. The number of halogens is 1. The third kappa shape index (κ3) is 5.22. The molecule has 1 saturated heterocycles. The number of rotatable bonds is 6. The largest absolute Gasteiger partial charge is 0.483 e. The van der Waals surface area contributed by atoms with Crippen LogP contribution in [0.4, 0.5) is 0 Å². The van der Waals surface area contributed by atoms with E-state index in [0.29, 0.717) is 18.8 Å². The molecule has 0 bridgehead atoms. The van der Waals surface area contributed by atoms with E-state index in [1.807, 2.05) is 19.1 Å². The summed E-state index contributed by atoms with van der Waals surface area (Å²) in [7, 11) is 0. The first kappa shape index (κ1) is 19.7. The zero-order valence-corrected chi connectivity index (χ0v) is 16.7. The molecule has 144 valence electrons. The molecule has 1 aliphatic heterocycles. The highest BCUT2D eigenvalue weighted by Crippen LogP contribution is 2.23.